The summed E-state index contributed by atoms with van der Waals surface area (Å²) in [5.41, 5.74) is 3.44. The fourth-order valence-corrected chi connectivity index (χ4v) is 5.34. The lowest BCUT2D eigenvalue weighted by Gasteiger charge is -2.30. The Balaban J connectivity index is 1.48. The highest BCUT2D eigenvalue weighted by Gasteiger charge is 2.32. The summed E-state index contributed by atoms with van der Waals surface area (Å²) in [5.74, 6) is 1.01. The lowest BCUT2D eigenvalue weighted by atomic mass is 9.96. The van der Waals surface area contributed by atoms with E-state index in [4.69, 9.17) is 16.3 Å². The molecule has 2 heterocycles. The number of hydrogen-bond acceptors (Lipinski definition) is 3. The molecule has 0 N–H and O–H groups in total. The van der Waals surface area contributed by atoms with Crippen LogP contribution in [0.3, 0.4) is 0 Å². The fourth-order valence-electron chi connectivity index (χ4n) is 3.74. The van der Waals surface area contributed by atoms with Crippen LogP contribution in [0.5, 0.6) is 0 Å². The first-order valence-electron chi connectivity index (χ1n) is 9.08. The minimum Gasteiger partial charge on any atom is -0.363 e. The van der Waals surface area contributed by atoms with Crippen molar-refractivity contribution in [3.05, 3.63) is 70.2 Å². The molecule has 136 valence electrons. The molecule has 5 heteroatoms. The number of rotatable bonds is 2. The number of benzene rings is 2. The molecule has 2 aromatic rings. The Kier molecular flexibility index (Phi) is 5.53. The van der Waals surface area contributed by atoms with Gasteiger partial charge in [0.05, 0.1) is 6.61 Å². The van der Waals surface area contributed by atoms with Crippen LogP contribution in [0.4, 0.5) is 0 Å². The number of carbonyl (C=O) groups is 1. The Bertz CT molecular complexity index is 797. The number of thioether (sulfide) groups is 1. The zero-order valence-electron chi connectivity index (χ0n) is 14.6. The van der Waals surface area contributed by atoms with Crippen molar-refractivity contribution < 1.29 is 9.53 Å². The van der Waals surface area contributed by atoms with Crippen molar-refractivity contribution in [2.24, 2.45) is 0 Å². The highest BCUT2D eigenvalue weighted by molar-refractivity contribution is 7.99. The molecule has 0 bridgehead atoms. The van der Waals surface area contributed by atoms with Crippen LogP contribution in [0.2, 0.25) is 5.02 Å². The van der Waals surface area contributed by atoms with Crippen LogP contribution in [-0.4, -0.2) is 36.3 Å². The van der Waals surface area contributed by atoms with Gasteiger partial charge in [0.2, 0.25) is 0 Å². The van der Waals surface area contributed by atoms with Gasteiger partial charge in [0.15, 0.2) is 6.10 Å². The van der Waals surface area contributed by atoms with Crippen LogP contribution in [0, 0.1) is 0 Å². The van der Waals surface area contributed by atoms with E-state index in [1.807, 2.05) is 53.1 Å². The van der Waals surface area contributed by atoms with Crippen LogP contribution in [-0.2, 0) is 16.0 Å². The second-order valence-electron chi connectivity index (χ2n) is 6.69. The van der Waals surface area contributed by atoms with E-state index < -0.39 is 6.10 Å². The molecule has 0 spiro atoms. The normalized spacial score (nSPS) is 23.2. The van der Waals surface area contributed by atoms with Crippen molar-refractivity contribution in [3.8, 4) is 0 Å². The molecule has 26 heavy (non-hydrogen) atoms. The molecule has 3 nitrogen and oxygen atoms in total. The van der Waals surface area contributed by atoms with Gasteiger partial charge in [0.25, 0.3) is 5.91 Å². The average molecular weight is 388 g/mol. The Morgan fingerprint density at radius 3 is 2.69 bits per heavy atom. The van der Waals surface area contributed by atoms with Crippen molar-refractivity contribution in [2.75, 3.05) is 25.4 Å². The molecule has 2 unspecified atom stereocenters. The molecule has 1 amide bonds. The number of fused-ring (bicyclic) bond motifs is 1. The number of amides is 1. The van der Waals surface area contributed by atoms with Gasteiger partial charge < -0.3 is 9.64 Å². The molecule has 1 saturated heterocycles. The second kappa shape index (κ2) is 8.03. The molecule has 0 aliphatic carbocycles. The van der Waals surface area contributed by atoms with E-state index in [9.17, 15) is 4.79 Å². The monoisotopic (exact) mass is 387 g/mol. The summed E-state index contributed by atoms with van der Waals surface area (Å²) < 4.78 is 5.87. The van der Waals surface area contributed by atoms with E-state index in [2.05, 4.69) is 12.1 Å². The number of nitrogens with zero attached hydrogens (tertiary/aromatic N) is 1. The average Bonchev–Trinajstić information content (AvgIpc) is 2.93. The Morgan fingerprint density at radius 1 is 1.08 bits per heavy atom. The third kappa shape index (κ3) is 3.64. The topological polar surface area (TPSA) is 29.5 Å². The minimum atomic E-state index is -0.457. The van der Waals surface area contributed by atoms with Gasteiger partial charge in [-0.25, -0.2) is 0 Å². The Morgan fingerprint density at radius 2 is 1.85 bits per heavy atom. The predicted molar refractivity (Wildman–Crippen MR) is 107 cm³/mol. The van der Waals surface area contributed by atoms with Crippen molar-refractivity contribution in [3.63, 3.8) is 0 Å². The maximum absolute atomic E-state index is 13.1. The number of halogens is 1. The summed E-state index contributed by atoms with van der Waals surface area (Å²) in [4.78, 5) is 15.1. The molecule has 2 aliphatic heterocycles. The van der Waals surface area contributed by atoms with Crippen molar-refractivity contribution in [1.29, 1.82) is 0 Å². The van der Waals surface area contributed by atoms with Gasteiger partial charge in [-0.15, -0.1) is 0 Å². The summed E-state index contributed by atoms with van der Waals surface area (Å²) in [6.45, 7) is 2.11. The molecular formula is C21H22ClNO2S. The van der Waals surface area contributed by atoms with Gasteiger partial charge in [-0.3, -0.25) is 4.79 Å². The second-order valence-corrected chi connectivity index (χ2v) is 8.41. The van der Waals surface area contributed by atoms with E-state index in [0.717, 1.165) is 42.3 Å². The van der Waals surface area contributed by atoms with E-state index in [0.29, 0.717) is 11.9 Å². The van der Waals surface area contributed by atoms with Crippen LogP contribution in [0.25, 0.3) is 0 Å². The summed E-state index contributed by atoms with van der Waals surface area (Å²) in [6, 6.07) is 16.2. The zero-order chi connectivity index (χ0) is 17.9. The minimum absolute atomic E-state index is 0.0950. The molecule has 4 rings (SSSR count). The van der Waals surface area contributed by atoms with Crippen LogP contribution >= 0.6 is 23.4 Å². The zero-order valence-corrected chi connectivity index (χ0v) is 16.1. The van der Waals surface area contributed by atoms with Crippen molar-refractivity contribution in [2.45, 2.75) is 24.2 Å². The highest BCUT2D eigenvalue weighted by atomic mass is 35.5. The molecule has 0 radical (unpaired) electrons. The standard InChI is InChI=1S/C21H22ClNO2S/c22-18-8-4-3-7-17(18)19-9-11-23(12-14-26-19)21(24)20-16-6-2-1-5-15(16)10-13-25-20/h1-8,19-20H,9-14H2. The van der Waals surface area contributed by atoms with Gasteiger partial charge in [0, 0.05) is 29.1 Å². The third-order valence-corrected chi connectivity index (χ3v) is 6.78. The molecular weight excluding hydrogens is 366 g/mol. The smallest absolute Gasteiger partial charge is 0.256 e. The number of carbonyl (C=O) groups excluding carboxylic acids is 1. The molecule has 1 fully saturated rings. The van der Waals surface area contributed by atoms with Gasteiger partial charge in [-0.1, -0.05) is 54.1 Å². The van der Waals surface area contributed by atoms with Crippen molar-refractivity contribution >= 4 is 29.3 Å². The van der Waals surface area contributed by atoms with E-state index in [1.54, 1.807) is 0 Å². The van der Waals surface area contributed by atoms with Crippen molar-refractivity contribution in [1.82, 2.24) is 4.90 Å². The molecule has 2 aliphatic rings. The Hall–Kier alpha value is -1.49. The summed E-state index contributed by atoms with van der Waals surface area (Å²) >= 11 is 8.26. The first kappa shape index (κ1) is 17.9. The molecule has 2 atom stereocenters. The number of ether oxygens (including phenoxy) is 1. The van der Waals surface area contributed by atoms with E-state index in [-0.39, 0.29) is 5.91 Å². The summed E-state index contributed by atoms with van der Waals surface area (Å²) in [7, 11) is 0. The summed E-state index contributed by atoms with van der Waals surface area (Å²) in [6.07, 6.45) is 1.33. The predicted octanol–water partition coefficient (Wildman–Crippen LogP) is 4.66. The molecule has 0 aromatic heterocycles. The first-order valence-corrected chi connectivity index (χ1v) is 10.5. The maximum atomic E-state index is 13.1. The third-order valence-electron chi connectivity index (χ3n) is 5.12. The number of hydrogen-bond donors (Lipinski definition) is 0. The highest BCUT2D eigenvalue weighted by Crippen LogP contribution is 2.38. The SMILES string of the molecule is O=C(C1OCCc2ccccc21)N1CCSC(c2ccccc2Cl)CC1. The molecule has 2 aromatic carbocycles. The summed E-state index contributed by atoms with van der Waals surface area (Å²) in [5, 5.41) is 1.15. The largest absolute Gasteiger partial charge is 0.363 e. The first-order chi connectivity index (χ1) is 12.7. The van der Waals surface area contributed by atoms with Gasteiger partial charge in [-0.05, 0) is 35.6 Å². The molecule has 0 saturated carbocycles. The van der Waals surface area contributed by atoms with Gasteiger partial charge in [-0.2, -0.15) is 11.8 Å². The lowest BCUT2D eigenvalue weighted by molar-refractivity contribution is -0.144. The van der Waals surface area contributed by atoms with Gasteiger partial charge >= 0.3 is 0 Å². The van der Waals surface area contributed by atoms with Gasteiger partial charge in [0.1, 0.15) is 0 Å². The van der Waals surface area contributed by atoms with Crippen LogP contribution < -0.4 is 0 Å². The van der Waals surface area contributed by atoms with Crippen LogP contribution in [0.15, 0.2) is 48.5 Å². The quantitative estimate of drug-likeness (QED) is 0.750. The fraction of sp³-hybridized carbons (Fsp3) is 0.381. The van der Waals surface area contributed by atoms with Crippen LogP contribution in [0.1, 0.15) is 34.5 Å². The van der Waals surface area contributed by atoms with E-state index >= 15 is 0 Å². The Labute approximate surface area is 163 Å². The maximum Gasteiger partial charge on any atom is 0.256 e. The van der Waals surface area contributed by atoms with E-state index in [1.165, 1.54) is 11.1 Å². The lowest BCUT2D eigenvalue weighted by Crippen LogP contribution is -2.39.